The summed E-state index contributed by atoms with van der Waals surface area (Å²) in [5, 5.41) is 13.8. The molecule has 1 N–H and O–H groups in total. The summed E-state index contributed by atoms with van der Waals surface area (Å²) in [6.45, 7) is 1.90. The quantitative estimate of drug-likeness (QED) is 0.793. The van der Waals surface area contributed by atoms with Crippen LogP contribution in [0.4, 0.5) is 0 Å². The zero-order chi connectivity index (χ0) is 11.6. The molecule has 0 spiro atoms. The van der Waals surface area contributed by atoms with Gasteiger partial charge in [0.15, 0.2) is 11.7 Å². The van der Waals surface area contributed by atoms with Crippen molar-refractivity contribution in [2.75, 3.05) is 6.61 Å². The van der Waals surface area contributed by atoms with Crippen molar-refractivity contribution >= 4 is 5.71 Å². The van der Waals surface area contributed by atoms with Gasteiger partial charge in [-0.25, -0.2) is 0 Å². The number of oxime groups is 1. The summed E-state index contributed by atoms with van der Waals surface area (Å²) in [6.07, 6.45) is -0.193. The van der Waals surface area contributed by atoms with Crippen LogP contribution >= 0.6 is 0 Å². The van der Waals surface area contributed by atoms with Crippen LogP contribution in [0.25, 0.3) is 0 Å². The van der Waals surface area contributed by atoms with Crippen LogP contribution in [0.15, 0.2) is 29.4 Å². The molecule has 3 aliphatic heterocycles. The summed E-state index contributed by atoms with van der Waals surface area (Å²) in [5.41, 5.74) is 2.47. The molecular formula is C13H13NO3. The van der Waals surface area contributed by atoms with Crippen LogP contribution in [0, 0.1) is 5.92 Å². The molecule has 2 bridgehead atoms. The predicted octanol–water partition coefficient (Wildman–Crippen LogP) is 1.35. The third-order valence-corrected chi connectivity index (χ3v) is 4.20. The van der Waals surface area contributed by atoms with Gasteiger partial charge in [-0.2, -0.15) is 0 Å². The summed E-state index contributed by atoms with van der Waals surface area (Å²) in [5.74, 6) is 0.150. The number of aliphatic hydroxyl groups excluding tert-OH is 1. The van der Waals surface area contributed by atoms with Crippen LogP contribution in [0.3, 0.4) is 0 Å². The Morgan fingerprint density at radius 1 is 1.41 bits per heavy atom. The zero-order valence-electron chi connectivity index (χ0n) is 9.46. The minimum absolute atomic E-state index is 0.0189. The van der Waals surface area contributed by atoms with Crippen molar-refractivity contribution < 1.29 is 14.7 Å². The van der Waals surface area contributed by atoms with Crippen molar-refractivity contribution in [3.05, 3.63) is 35.4 Å². The Bertz CT molecular complexity index is 527. The van der Waals surface area contributed by atoms with Gasteiger partial charge in [0.25, 0.3) is 0 Å². The Kier molecular flexibility index (Phi) is 1.63. The maximum atomic E-state index is 9.77. The SMILES string of the molecule is CC1=NO[C@H]2[C@@H]1[C@H]1O[C@]2(CO)c2ccccc21. The fourth-order valence-corrected chi connectivity index (χ4v) is 3.42. The lowest BCUT2D eigenvalue weighted by molar-refractivity contribution is -0.118. The number of benzene rings is 1. The number of ether oxygens (including phenoxy) is 1. The van der Waals surface area contributed by atoms with Crippen LogP contribution in [-0.2, 0) is 15.2 Å². The number of nitrogens with zero attached hydrogens (tertiary/aromatic N) is 1. The molecule has 17 heavy (non-hydrogen) atoms. The molecule has 0 radical (unpaired) electrons. The number of hydrogen-bond acceptors (Lipinski definition) is 4. The van der Waals surface area contributed by atoms with E-state index in [1.54, 1.807) is 0 Å². The topological polar surface area (TPSA) is 51.0 Å². The Morgan fingerprint density at radius 3 is 3.06 bits per heavy atom. The third kappa shape index (κ3) is 0.907. The van der Waals surface area contributed by atoms with Crippen LogP contribution in [0.1, 0.15) is 24.2 Å². The Balaban J connectivity index is 1.95. The molecule has 4 atom stereocenters. The summed E-state index contributed by atoms with van der Waals surface area (Å²) in [4.78, 5) is 5.48. The van der Waals surface area contributed by atoms with Crippen molar-refractivity contribution in [3.8, 4) is 0 Å². The second kappa shape index (κ2) is 2.89. The highest BCUT2D eigenvalue weighted by Crippen LogP contribution is 2.60. The largest absolute Gasteiger partial charge is 0.393 e. The van der Waals surface area contributed by atoms with E-state index in [1.165, 1.54) is 5.56 Å². The average molecular weight is 231 g/mol. The summed E-state index contributed by atoms with van der Waals surface area (Å²) in [6, 6.07) is 8.06. The van der Waals surface area contributed by atoms with E-state index in [0.717, 1.165) is 11.3 Å². The normalized spacial score (nSPS) is 40.8. The molecule has 1 fully saturated rings. The molecule has 0 aliphatic carbocycles. The lowest BCUT2D eigenvalue weighted by atomic mass is 9.73. The molecule has 0 aromatic heterocycles. The second-order valence-electron chi connectivity index (χ2n) is 4.96. The van der Waals surface area contributed by atoms with Crippen molar-refractivity contribution in [2.45, 2.75) is 24.7 Å². The molecule has 1 aromatic carbocycles. The first-order chi connectivity index (χ1) is 8.28. The van der Waals surface area contributed by atoms with Gasteiger partial charge in [-0.1, -0.05) is 29.4 Å². The van der Waals surface area contributed by atoms with Crippen molar-refractivity contribution in [3.63, 3.8) is 0 Å². The zero-order valence-corrected chi connectivity index (χ0v) is 9.46. The minimum Gasteiger partial charge on any atom is -0.393 e. The van der Waals surface area contributed by atoms with Crippen molar-refractivity contribution in [2.24, 2.45) is 11.1 Å². The molecule has 3 aliphatic rings. The first kappa shape index (κ1) is 9.62. The van der Waals surface area contributed by atoms with Crippen molar-refractivity contribution in [1.82, 2.24) is 0 Å². The van der Waals surface area contributed by atoms with Crippen LogP contribution in [0.2, 0.25) is 0 Å². The smallest absolute Gasteiger partial charge is 0.173 e. The summed E-state index contributed by atoms with van der Waals surface area (Å²) in [7, 11) is 0. The molecule has 4 rings (SSSR count). The highest BCUT2D eigenvalue weighted by atomic mass is 16.7. The molecule has 0 unspecified atom stereocenters. The van der Waals surface area contributed by atoms with Gasteiger partial charge in [-0.15, -0.1) is 0 Å². The highest BCUT2D eigenvalue weighted by molar-refractivity contribution is 5.87. The number of hydrogen-bond donors (Lipinski definition) is 1. The van der Waals surface area contributed by atoms with Gasteiger partial charge in [0.05, 0.1) is 24.3 Å². The highest BCUT2D eigenvalue weighted by Gasteiger charge is 2.66. The molecule has 1 saturated heterocycles. The van der Waals surface area contributed by atoms with Crippen LogP contribution in [0.5, 0.6) is 0 Å². The molecule has 88 valence electrons. The molecule has 4 heteroatoms. The lowest BCUT2D eigenvalue weighted by Crippen LogP contribution is -2.43. The first-order valence-electron chi connectivity index (χ1n) is 5.86. The molecule has 4 nitrogen and oxygen atoms in total. The summed E-state index contributed by atoms with van der Waals surface area (Å²) < 4.78 is 6.06. The van der Waals surface area contributed by atoms with Crippen LogP contribution < -0.4 is 0 Å². The minimum atomic E-state index is -0.715. The molecule has 3 heterocycles. The fraction of sp³-hybridized carbons (Fsp3) is 0.462. The van der Waals surface area contributed by atoms with Gasteiger partial charge in [-0.3, -0.25) is 0 Å². The van der Waals surface area contributed by atoms with E-state index in [2.05, 4.69) is 11.2 Å². The Morgan fingerprint density at radius 2 is 2.24 bits per heavy atom. The first-order valence-corrected chi connectivity index (χ1v) is 5.86. The van der Waals surface area contributed by atoms with Gasteiger partial charge < -0.3 is 14.7 Å². The maximum absolute atomic E-state index is 9.77. The van der Waals surface area contributed by atoms with Gasteiger partial charge in [0.1, 0.15) is 0 Å². The third-order valence-electron chi connectivity index (χ3n) is 4.20. The van der Waals surface area contributed by atoms with E-state index in [1.807, 2.05) is 25.1 Å². The standard InChI is InChI=1S/C13H13NO3/c1-7-10-11-8-4-2-3-5-9(8)13(6-15,16-11)12(10)17-14-7/h2-5,10-12,15H,6H2,1H3/t10-,11-,12-,13+/m0/s1. The summed E-state index contributed by atoms with van der Waals surface area (Å²) >= 11 is 0. The fourth-order valence-electron chi connectivity index (χ4n) is 3.42. The van der Waals surface area contributed by atoms with Crippen LogP contribution in [-0.4, -0.2) is 23.5 Å². The Hall–Kier alpha value is -1.39. The molecular weight excluding hydrogens is 218 g/mol. The van der Waals surface area contributed by atoms with E-state index in [-0.39, 0.29) is 24.7 Å². The second-order valence-corrected chi connectivity index (χ2v) is 4.96. The lowest BCUT2D eigenvalue weighted by Gasteiger charge is -2.30. The number of rotatable bonds is 1. The van der Waals surface area contributed by atoms with Crippen molar-refractivity contribution in [1.29, 1.82) is 0 Å². The van der Waals surface area contributed by atoms with E-state index >= 15 is 0 Å². The van der Waals surface area contributed by atoms with E-state index in [4.69, 9.17) is 9.57 Å². The molecule has 0 amide bonds. The van der Waals surface area contributed by atoms with Gasteiger partial charge in [-0.05, 0) is 18.1 Å². The van der Waals surface area contributed by atoms with Gasteiger partial charge >= 0.3 is 0 Å². The monoisotopic (exact) mass is 231 g/mol. The Labute approximate surface area is 98.8 Å². The van der Waals surface area contributed by atoms with E-state index < -0.39 is 5.60 Å². The van der Waals surface area contributed by atoms with E-state index in [9.17, 15) is 5.11 Å². The average Bonchev–Trinajstić information content (AvgIpc) is 2.99. The van der Waals surface area contributed by atoms with Gasteiger partial charge in [0, 0.05) is 0 Å². The molecule has 1 aromatic rings. The van der Waals surface area contributed by atoms with Gasteiger partial charge in [0.2, 0.25) is 0 Å². The molecule has 0 saturated carbocycles. The number of fused-ring (bicyclic) bond motifs is 8. The van der Waals surface area contributed by atoms with E-state index in [0.29, 0.717) is 0 Å². The number of aliphatic hydroxyl groups is 1. The maximum Gasteiger partial charge on any atom is 0.173 e. The predicted molar refractivity (Wildman–Crippen MR) is 60.5 cm³/mol.